The molecule has 1 aromatic carbocycles. The number of amides is 1. The minimum Gasteiger partial charge on any atom is -0.325 e. The lowest BCUT2D eigenvalue weighted by atomic mass is 10.2. The molecule has 1 amide bonds. The fourth-order valence-electron chi connectivity index (χ4n) is 1.64. The SMILES string of the molecule is Cc1cc(S[C@@H](C)C(=O)Nc2ccc(C)c(Cl)c2)ncn1. The van der Waals surface area contributed by atoms with Gasteiger partial charge in [-0.1, -0.05) is 29.4 Å². The Kier molecular flexibility index (Phi) is 5.20. The van der Waals surface area contributed by atoms with Crippen molar-refractivity contribution in [2.45, 2.75) is 31.0 Å². The van der Waals surface area contributed by atoms with Crippen LogP contribution < -0.4 is 5.32 Å². The summed E-state index contributed by atoms with van der Waals surface area (Å²) in [7, 11) is 0. The highest BCUT2D eigenvalue weighted by Crippen LogP contribution is 2.24. The molecule has 0 aliphatic carbocycles. The van der Waals surface area contributed by atoms with Crippen molar-refractivity contribution in [3.05, 3.63) is 46.9 Å². The van der Waals surface area contributed by atoms with Crippen molar-refractivity contribution in [1.29, 1.82) is 0 Å². The molecule has 1 N–H and O–H groups in total. The molecular weight excluding hydrogens is 306 g/mol. The van der Waals surface area contributed by atoms with Crippen LogP contribution in [0, 0.1) is 13.8 Å². The molecule has 0 aliphatic rings. The summed E-state index contributed by atoms with van der Waals surface area (Å²) in [5, 5.41) is 4.02. The summed E-state index contributed by atoms with van der Waals surface area (Å²) in [6, 6.07) is 7.33. The van der Waals surface area contributed by atoms with Crippen LogP contribution in [0.3, 0.4) is 0 Å². The van der Waals surface area contributed by atoms with Gasteiger partial charge in [0.1, 0.15) is 11.4 Å². The Labute approximate surface area is 133 Å². The lowest BCUT2D eigenvalue weighted by Crippen LogP contribution is -2.22. The highest BCUT2D eigenvalue weighted by molar-refractivity contribution is 8.00. The number of anilines is 1. The van der Waals surface area contributed by atoms with E-state index in [-0.39, 0.29) is 11.2 Å². The third kappa shape index (κ3) is 4.44. The van der Waals surface area contributed by atoms with E-state index in [0.29, 0.717) is 10.7 Å². The Balaban J connectivity index is 2.00. The topological polar surface area (TPSA) is 54.9 Å². The highest BCUT2D eigenvalue weighted by Gasteiger charge is 2.15. The predicted molar refractivity (Wildman–Crippen MR) is 86.9 cm³/mol. The monoisotopic (exact) mass is 321 g/mol. The minimum atomic E-state index is -0.264. The number of nitrogens with zero attached hydrogens (tertiary/aromatic N) is 2. The number of rotatable bonds is 4. The Bertz CT molecular complexity index is 663. The van der Waals surface area contributed by atoms with Gasteiger partial charge in [-0.3, -0.25) is 4.79 Å². The molecule has 1 aromatic heterocycles. The van der Waals surface area contributed by atoms with Gasteiger partial charge in [-0.15, -0.1) is 0 Å². The molecule has 1 heterocycles. The fourth-order valence-corrected chi connectivity index (χ4v) is 2.70. The summed E-state index contributed by atoms with van der Waals surface area (Å²) in [5.41, 5.74) is 2.56. The van der Waals surface area contributed by atoms with E-state index in [9.17, 15) is 4.79 Å². The molecule has 0 radical (unpaired) electrons. The van der Waals surface area contributed by atoms with E-state index >= 15 is 0 Å². The molecular formula is C15H16ClN3OS. The molecule has 1 atom stereocenters. The zero-order valence-corrected chi connectivity index (χ0v) is 13.6. The number of hydrogen-bond acceptors (Lipinski definition) is 4. The van der Waals surface area contributed by atoms with Crippen molar-refractivity contribution in [1.82, 2.24) is 9.97 Å². The van der Waals surface area contributed by atoms with Gasteiger partial charge in [0.05, 0.1) is 5.25 Å². The van der Waals surface area contributed by atoms with Crippen molar-refractivity contribution in [3.63, 3.8) is 0 Å². The largest absolute Gasteiger partial charge is 0.325 e. The zero-order chi connectivity index (χ0) is 15.4. The van der Waals surface area contributed by atoms with E-state index in [0.717, 1.165) is 16.3 Å². The maximum atomic E-state index is 12.2. The highest BCUT2D eigenvalue weighted by atomic mass is 35.5. The molecule has 21 heavy (non-hydrogen) atoms. The number of hydrogen-bond donors (Lipinski definition) is 1. The number of carbonyl (C=O) groups is 1. The smallest absolute Gasteiger partial charge is 0.237 e. The second-order valence-electron chi connectivity index (χ2n) is 4.71. The van der Waals surface area contributed by atoms with Crippen LogP contribution >= 0.6 is 23.4 Å². The molecule has 110 valence electrons. The first-order valence-corrected chi connectivity index (χ1v) is 7.74. The zero-order valence-electron chi connectivity index (χ0n) is 12.1. The van der Waals surface area contributed by atoms with Crippen molar-refractivity contribution in [2.24, 2.45) is 0 Å². The summed E-state index contributed by atoms with van der Waals surface area (Å²) in [6.45, 7) is 5.65. The summed E-state index contributed by atoms with van der Waals surface area (Å²) in [6.07, 6.45) is 1.50. The van der Waals surface area contributed by atoms with Gasteiger partial charge < -0.3 is 5.32 Å². The third-order valence-corrected chi connectivity index (χ3v) is 4.32. The van der Waals surface area contributed by atoms with Gasteiger partial charge in [-0.05, 0) is 44.5 Å². The average Bonchev–Trinajstić information content (AvgIpc) is 2.43. The molecule has 2 aromatic rings. The number of aryl methyl sites for hydroxylation is 2. The first-order chi connectivity index (χ1) is 9.95. The predicted octanol–water partition coefficient (Wildman–Crippen LogP) is 3.87. The van der Waals surface area contributed by atoms with E-state index < -0.39 is 0 Å². The lowest BCUT2D eigenvalue weighted by molar-refractivity contribution is -0.115. The van der Waals surface area contributed by atoms with Gasteiger partial charge in [0, 0.05) is 16.4 Å². The van der Waals surface area contributed by atoms with E-state index in [1.54, 1.807) is 6.07 Å². The molecule has 2 rings (SSSR count). The van der Waals surface area contributed by atoms with Crippen molar-refractivity contribution in [2.75, 3.05) is 5.32 Å². The van der Waals surface area contributed by atoms with Gasteiger partial charge in [0.15, 0.2) is 0 Å². The molecule has 4 nitrogen and oxygen atoms in total. The standard InChI is InChI=1S/C15H16ClN3OS/c1-9-4-5-12(7-13(9)16)19-15(20)11(3)21-14-6-10(2)17-8-18-14/h4-8,11H,1-3H3,(H,19,20)/t11-/m0/s1. The van der Waals surface area contributed by atoms with E-state index in [1.165, 1.54) is 18.1 Å². The van der Waals surface area contributed by atoms with Crippen LogP contribution in [0.5, 0.6) is 0 Å². The molecule has 0 saturated carbocycles. The van der Waals surface area contributed by atoms with E-state index in [4.69, 9.17) is 11.6 Å². The number of thioether (sulfide) groups is 1. The van der Waals surface area contributed by atoms with Gasteiger partial charge in [0.2, 0.25) is 5.91 Å². The second-order valence-corrected chi connectivity index (χ2v) is 6.48. The van der Waals surface area contributed by atoms with Gasteiger partial charge >= 0.3 is 0 Å². The number of carbonyl (C=O) groups excluding carboxylic acids is 1. The van der Waals surface area contributed by atoms with Crippen LogP contribution in [-0.4, -0.2) is 21.1 Å². The van der Waals surface area contributed by atoms with Crippen LogP contribution in [0.2, 0.25) is 5.02 Å². The van der Waals surface area contributed by atoms with Crippen LogP contribution in [0.15, 0.2) is 35.6 Å². The molecule has 6 heteroatoms. The fraction of sp³-hybridized carbons (Fsp3) is 0.267. The molecule has 0 spiro atoms. The van der Waals surface area contributed by atoms with Gasteiger partial charge in [0.25, 0.3) is 0 Å². The maximum absolute atomic E-state index is 12.2. The van der Waals surface area contributed by atoms with Gasteiger partial charge in [-0.25, -0.2) is 9.97 Å². The Hall–Kier alpha value is -1.59. The van der Waals surface area contributed by atoms with Crippen molar-refractivity contribution >= 4 is 35.0 Å². The molecule has 0 fully saturated rings. The van der Waals surface area contributed by atoms with Crippen LogP contribution in [0.25, 0.3) is 0 Å². The number of aromatic nitrogens is 2. The van der Waals surface area contributed by atoms with Crippen LogP contribution in [0.4, 0.5) is 5.69 Å². The molecule has 0 bridgehead atoms. The Morgan fingerprint density at radius 3 is 2.71 bits per heavy atom. The Morgan fingerprint density at radius 1 is 1.29 bits per heavy atom. The quantitative estimate of drug-likeness (QED) is 0.686. The number of benzene rings is 1. The Morgan fingerprint density at radius 2 is 2.05 bits per heavy atom. The first-order valence-electron chi connectivity index (χ1n) is 6.48. The van der Waals surface area contributed by atoms with Gasteiger partial charge in [-0.2, -0.15) is 0 Å². The van der Waals surface area contributed by atoms with E-state index in [2.05, 4.69) is 15.3 Å². The third-order valence-electron chi connectivity index (χ3n) is 2.88. The normalized spacial score (nSPS) is 12.0. The number of nitrogens with one attached hydrogen (secondary N) is 1. The molecule has 0 saturated heterocycles. The molecule has 0 aliphatic heterocycles. The van der Waals surface area contributed by atoms with Crippen molar-refractivity contribution in [3.8, 4) is 0 Å². The summed E-state index contributed by atoms with van der Waals surface area (Å²) >= 11 is 7.45. The maximum Gasteiger partial charge on any atom is 0.237 e. The van der Waals surface area contributed by atoms with E-state index in [1.807, 2.05) is 39.0 Å². The second kappa shape index (κ2) is 6.91. The average molecular weight is 322 g/mol. The summed E-state index contributed by atoms with van der Waals surface area (Å²) < 4.78 is 0. The van der Waals surface area contributed by atoms with Crippen molar-refractivity contribution < 1.29 is 4.79 Å². The van der Waals surface area contributed by atoms with Crippen LogP contribution in [-0.2, 0) is 4.79 Å². The summed E-state index contributed by atoms with van der Waals surface area (Å²) in [5.74, 6) is -0.0869. The minimum absolute atomic E-state index is 0.0869. The lowest BCUT2D eigenvalue weighted by Gasteiger charge is -2.12. The molecule has 0 unspecified atom stereocenters. The summed E-state index contributed by atoms with van der Waals surface area (Å²) in [4.78, 5) is 20.4. The first kappa shape index (κ1) is 15.8. The number of halogens is 1. The van der Waals surface area contributed by atoms with Crippen LogP contribution in [0.1, 0.15) is 18.2 Å².